The average molecular weight is 222 g/mol. The highest BCUT2D eigenvalue weighted by molar-refractivity contribution is 5.92. The highest BCUT2D eigenvalue weighted by Crippen LogP contribution is 2.02. The summed E-state index contributed by atoms with van der Waals surface area (Å²) in [4.78, 5) is 22.5. The van der Waals surface area contributed by atoms with E-state index < -0.39 is 0 Å². The van der Waals surface area contributed by atoms with Gasteiger partial charge in [-0.1, -0.05) is 0 Å². The Labute approximate surface area is 92.4 Å². The summed E-state index contributed by atoms with van der Waals surface area (Å²) in [5.74, 6) is -0.245. The average Bonchev–Trinajstić information content (AvgIpc) is 2.31. The monoisotopic (exact) mass is 222 g/mol. The fourth-order valence-electron chi connectivity index (χ4n) is 1.71. The first-order valence-electron chi connectivity index (χ1n) is 5.33. The number of nitrogens with one attached hydrogen (secondary N) is 3. The molecule has 2 rings (SSSR count). The smallest absolute Gasteiger partial charge is 0.271 e. The minimum absolute atomic E-state index is 0.148. The Morgan fingerprint density at radius 1 is 1.50 bits per heavy atom. The van der Waals surface area contributed by atoms with Crippen molar-refractivity contribution >= 4 is 5.91 Å². The van der Waals surface area contributed by atoms with Crippen LogP contribution < -0.4 is 16.2 Å². The van der Waals surface area contributed by atoms with Crippen LogP contribution in [0.3, 0.4) is 0 Å². The Morgan fingerprint density at radius 3 is 3.00 bits per heavy atom. The van der Waals surface area contributed by atoms with Gasteiger partial charge in [0.2, 0.25) is 0 Å². The zero-order valence-electron chi connectivity index (χ0n) is 8.82. The Kier molecular flexibility index (Phi) is 3.31. The van der Waals surface area contributed by atoms with Crippen molar-refractivity contribution in [3.63, 3.8) is 0 Å². The molecule has 1 aromatic heterocycles. The second kappa shape index (κ2) is 4.89. The number of carbonyl (C=O) groups excluding carboxylic acids is 1. The van der Waals surface area contributed by atoms with E-state index in [1.54, 1.807) is 0 Å². The summed E-state index contributed by atoms with van der Waals surface area (Å²) >= 11 is 0. The summed E-state index contributed by atoms with van der Waals surface area (Å²) in [5.41, 5.74) is -0.0685. The van der Waals surface area contributed by atoms with E-state index in [1.165, 1.54) is 12.1 Å². The zero-order valence-corrected chi connectivity index (χ0v) is 8.82. The van der Waals surface area contributed by atoms with E-state index in [0.29, 0.717) is 0 Å². The third kappa shape index (κ3) is 2.66. The molecule has 3 N–H and O–H groups in total. The summed E-state index contributed by atoms with van der Waals surface area (Å²) < 4.78 is 0. The molecule has 2 heterocycles. The van der Waals surface area contributed by atoms with Gasteiger partial charge in [0.15, 0.2) is 0 Å². The molecule has 1 atom stereocenters. The van der Waals surface area contributed by atoms with Crippen LogP contribution in [0.25, 0.3) is 0 Å². The van der Waals surface area contributed by atoms with E-state index in [9.17, 15) is 9.59 Å². The number of hydrogen-bond donors (Lipinski definition) is 3. The highest BCUT2D eigenvalue weighted by atomic mass is 16.2. The molecule has 16 heavy (non-hydrogen) atoms. The molecule has 0 unspecified atom stereocenters. The molecule has 1 aromatic rings. The second-order valence-corrected chi connectivity index (χ2v) is 3.82. The Morgan fingerprint density at radius 2 is 2.38 bits per heavy atom. The number of rotatable bonds is 2. The van der Waals surface area contributed by atoms with E-state index >= 15 is 0 Å². The van der Waals surface area contributed by atoms with Crippen LogP contribution in [-0.2, 0) is 0 Å². The van der Waals surface area contributed by atoms with Crippen LogP contribution in [0.1, 0.15) is 23.3 Å². The minimum atomic E-state index is -0.309. The third-order valence-electron chi connectivity index (χ3n) is 2.54. The van der Waals surface area contributed by atoms with Crippen LogP contribution in [0.2, 0.25) is 0 Å². The lowest BCUT2D eigenvalue weighted by atomic mass is 10.1. The predicted octanol–water partition coefficient (Wildman–Crippen LogP) is -0.748. The van der Waals surface area contributed by atoms with Gasteiger partial charge in [0.25, 0.3) is 11.5 Å². The number of H-pyrrole nitrogens is 1. The quantitative estimate of drug-likeness (QED) is 0.614. The first kappa shape index (κ1) is 10.8. The van der Waals surface area contributed by atoms with Gasteiger partial charge in [0.05, 0.1) is 0 Å². The maximum atomic E-state index is 11.7. The first-order chi connectivity index (χ1) is 7.75. The molecule has 1 fully saturated rings. The number of carbonyl (C=O) groups is 1. The lowest BCUT2D eigenvalue weighted by Crippen LogP contribution is -2.45. The van der Waals surface area contributed by atoms with Crippen LogP contribution in [0, 0.1) is 0 Å². The highest BCUT2D eigenvalue weighted by Gasteiger charge is 2.16. The van der Waals surface area contributed by atoms with Crippen molar-refractivity contribution in [2.75, 3.05) is 13.1 Å². The van der Waals surface area contributed by atoms with Gasteiger partial charge in [-0.25, -0.2) is 5.10 Å². The summed E-state index contributed by atoms with van der Waals surface area (Å²) in [6, 6.07) is 2.86. The van der Waals surface area contributed by atoms with Gasteiger partial charge < -0.3 is 10.6 Å². The molecule has 6 nitrogen and oxygen atoms in total. The number of amides is 1. The molecule has 1 aliphatic heterocycles. The molecule has 0 aromatic carbocycles. The van der Waals surface area contributed by atoms with Crippen LogP contribution in [0.5, 0.6) is 0 Å². The van der Waals surface area contributed by atoms with E-state index in [-0.39, 0.29) is 23.2 Å². The van der Waals surface area contributed by atoms with Gasteiger partial charge in [-0.2, -0.15) is 5.10 Å². The zero-order chi connectivity index (χ0) is 11.4. The SMILES string of the molecule is O=C(N[C@H]1CCCNC1)c1ccc(=O)[nH]n1. The van der Waals surface area contributed by atoms with Crippen molar-refractivity contribution < 1.29 is 4.79 Å². The lowest BCUT2D eigenvalue weighted by molar-refractivity contribution is 0.0924. The summed E-state index contributed by atoms with van der Waals surface area (Å²) in [5, 5.41) is 12.0. The maximum Gasteiger partial charge on any atom is 0.271 e. The van der Waals surface area contributed by atoms with Crippen molar-refractivity contribution in [3.8, 4) is 0 Å². The number of aromatic amines is 1. The van der Waals surface area contributed by atoms with Gasteiger partial charge in [-0.3, -0.25) is 9.59 Å². The van der Waals surface area contributed by atoms with E-state index in [1.807, 2.05) is 0 Å². The Balaban J connectivity index is 1.96. The third-order valence-corrected chi connectivity index (χ3v) is 2.54. The molecule has 86 valence electrons. The largest absolute Gasteiger partial charge is 0.347 e. The van der Waals surface area contributed by atoms with Gasteiger partial charge >= 0.3 is 0 Å². The summed E-state index contributed by atoms with van der Waals surface area (Å²) in [6.45, 7) is 1.79. The van der Waals surface area contributed by atoms with Gasteiger partial charge in [0.1, 0.15) is 5.69 Å². The molecule has 1 aliphatic rings. The van der Waals surface area contributed by atoms with Gasteiger partial charge in [-0.15, -0.1) is 0 Å². The van der Waals surface area contributed by atoms with Crippen LogP contribution in [0.15, 0.2) is 16.9 Å². The van der Waals surface area contributed by atoms with Crippen molar-refractivity contribution in [1.29, 1.82) is 0 Å². The van der Waals surface area contributed by atoms with Gasteiger partial charge in [0, 0.05) is 18.7 Å². The minimum Gasteiger partial charge on any atom is -0.347 e. The van der Waals surface area contributed by atoms with E-state index in [2.05, 4.69) is 20.8 Å². The topological polar surface area (TPSA) is 86.9 Å². The predicted molar refractivity (Wildman–Crippen MR) is 58.2 cm³/mol. The first-order valence-corrected chi connectivity index (χ1v) is 5.33. The fourth-order valence-corrected chi connectivity index (χ4v) is 1.71. The maximum absolute atomic E-state index is 11.7. The lowest BCUT2D eigenvalue weighted by Gasteiger charge is -2.23. The molecule has 0 aliphatic carbocycles. The molecule has 0 spiro atoms. The molecule has 0 radical (unpaired) electrons. The summed E-state index contributed by atoms with van der Waals surface area (Å²) in [7, 11) is 0. The molecular formula is C10H14N4O2. The number of piperidine rings is 1. The number of aromatic nitrogens is 2. The second-order valence-electron chi connectivity index (χ2n) is 3.82. The van der Waals surface area contributed by atoms with Crippen molar-refractivity contribution in [1.82, 2.24) is 20.8 Å². The molecule has 1 saturated heterocycles. The molecular weight excluding hydrogens is 208 g/mol. The molecule has 6 heteroatoms. The standard InChI is InChI=1S/C10H14N4O2/c15-9-4-3-8(13-14-9)10(16)12-7-2-1-5-11-6-7/h3-4,7,11H,1-2,5-6H2,(H,12,16)(H,14,15)/t7-/m0/s1. The van der Waals surface area contributed by atoms with Crippen LogP contribution >= 0.6 is 0 Å². The normalized spacial score (nSPS) is 20.4. The van der Waals surface area contributed by atoms with Crippen LogP contribution in [0.4, 0.5) is 0 Å². The Hall–Kier alpha value is -1.69. The van der Waals surface area contributed by atoms with Crippen molar-refractivity contribution in [3.05, 3.63) is 28.2 Å². The number of hydrogen-bond acceptors (Lipinski definition) is 4. The van der Waals surface area contributed by atoms with Gasteiger partial charge in [-0.05, 0) is 25.5 Å². The van der Waals surface area contributed by atoms with Crippen LogP contribution in [-0.4, -0.2) is 35.2 Å². The summed E-state index contributed by atoms with van der Waals surface area (Å²) in [6.07, 6.45) is 2.03. The van der Waals surface area contributed by atoms with E-state index in [4.69, 9.17) is 0 Å². The van der Waals surface area contributed by atoms with Crippen molar-refractivity contribution in [2.24, 2.45) is 0 Å². The Bertz CT molecular complexity index is 403. The van der Waals surface area contributed by atoms with E-state index in [0.717, 1.165) is 25.9 Å². The molecule has 0 saturated carbocycles. The fraction of sp³-hybridized carbons (Fsp3) is 0.500. The van der Waals surface area contributed by atoms with Crippen molar-refractivity contribution in [2.45, 2.75) is 18.9 Å². The molecule has 0 bridgehead atoms. The number of nitrogens with zero attached hydrogens (tertiary/aromatic N) is 1. The molecule has 1 amide bonds.